The van der Waals surface area contributed by atoms with E-state index >= 15 is 0 Å². The zero-order chi connectivity index (χ0) is 17.9. The van der Waals surface area contributed by atoms with E-state index in [0.29, 0.717) is 5.75 Å². The molecule has 2 rings (SSSR count). The number of carbonyl (C=O) groups is 1. The van der Waals surface area contributed by atoms with Gasteiger partial charge in [-0.1, -0.05) is 0 Å². The third-order valence-corrected chi connectivity index (χ3v) is 3.99. The SMILES string of the molecule is CNC(CC(OC)OC)(C(N)=O)c1cc2c(cc1[N+](=O)[O-])OCO2. The minimum Gasteiger partial charge on any atom is -0.454 e. The van der Waals surface area contributed by atoms with Gasteiger partial charge in [0, 0.05) is 20.6 Å². The highest BCUT2D eigenvalue weighted by atomic mass is 16.7. The lowest BCUT2D eigenvalue weighted by atomic mass is 9.84. The van der Waals surface area contributed by atoms with Crippen LogP contribution in [0.15, 0.2) is 12.1 Å². The second kappa shape index (κ2) is 6.99. The molecule has 24 heavy (non-hydrogen) atoms. The second-order valence-electron chi connectivity index (χ2n) is 5.10. The standard InChI is InChI=1S/C14H19N3O7/c1-16-14(13(15)18,6-12(21-2)22-3)8-4-10-11(24-7-23-10)5-9(8)17(19)20/h4-5,12,16H,6-7H2,1-3H3,(H2,15,18). The number of rotatable bonds is 8. The molecule has 1 aliphatic heterocycles. The van der Waals surface area contributed by atoms with Crippen LogP contribution in [0.5, 0.6) is 11.5 Å². The minimum absolute atomic E-state index is 0.0471. The number of hydrogen-bond donors (Lipinski definition) is 2. The fraction of sp³-hybridized carbons (Fsp3) is 0.500. The van der Waals surface area contributed by atoms with E-state index in [0.717, 1.165) is 0 Å². The smallest absolute Gasteiger partial charge is 0.278 e. The van der Waals surface area contributed by atoms with Crippen LogP contribution < -0.4 is 20.5 Å². The number of likely N-dealkylation sites (N-methyl/N-ethyl adjacent to an activating group) is 1. The number of nitrogens with two attached hydrogens (primary N) is 1. The van der Waals surface area contributed by atoms with Crippen molar-refractivity contribution >= 4 is 11.6 Å². The highest BCUT2D eigenvalue weighted by Crippen LogP contribution is 2.43. The molecule has 10 nitrogen and oxygen atoms in total. The normalized spacial score (nSPS) is 15.3. The largest absolute Gasteiger partial charge is 0.454 e. The number of hydrogen-bond acceptors (Lipinski definition) is 8. The summed E-state index contributed by atoms with van der Waals surface area (Å²) in [7, 11) is 4.26. The number of benzene rings is 1. The molecule has 10 heteroatoms. The fourth-order valence-electron chi connectivity index (χ4n) is 2.64. The Balaban J connectivity index is 2.65. The van der Waals surface area contributed by atoms with Crippen LogP contribution in [-0.2, 0) is 19.8 Å². The number of primary amides is 1. The molecule has 0 radical (unpaired) electrons. The summed E-state index contributed by atoms with van der Waals surface area (Å²) in [5.74, 6) is -0.288. The van der Waals surface area contributed by atoms with Gasteiger partial charge in [-0.15, -0.1) is 0 Å². The molecule has 0 fully saturated rings. The monoisotopic (exact) mass is 341 g/mol. The molecule has 0 aliphatic carbocycles. The molecule has 132 valence electrons. The first-order valence-electron chi connectivity index (χ1n) is 7.02. The predicted octanol–water partition coefficient (Wildman–Crippen LogP) is 0.232. The van der Waals surface area contributed by atoms with E-state index in [1.807, 2.05) is 0 Å². The summed E-state index contributed by atoms with van der Waals surface area (Å²) >= 11 is 0. The van der Waals surface area contributed by atoms with Gasteiger partial charge in [0.2, 0.25) is 12.7 Å². The van der Waals surface area contributed by atoms with Gasteiger partial charge < -0.3 is 30.0 Å². The van der Waals surface area contributed by atoms with Crippen LogP contribution in [-0.4, -0.2) is 45.2 Å². The first kappa shape index (κ1) is 17.9. The molecular formula is C14H19N3O7. The summed E-state index contributed by atoms with van der Waals surface area (Å²) in [5.41, 5.74) is 3.71. The highest BCUT2D eigenvalue weighted by Gasteiger charge is 2.45. The number of nitrogens with one attached hydrogen (secondary N) is 1. The summed E-state index contributed by atoms with van der Waals surface area (Å²) in [5, 5.41) is 14.3. The maximum absolute atomic E-state index is 12.2. The molecule has 1 aromatic carbocycles. The van der Waals surface area contributed by atoms with Gasteiger partial charge in [0.05, 0.1) is 16.6 Å². The minimum atomic E-state index is -1.60. The number of nitrogens with zero attached hydrogens (tertiary/aromatic N) is 1. The lowest BCUT2D eigenvalue weighted by molar-refractivity contribution is -0.386. The van der Waals surface area contributed by atoms with Gasteiger partial charge in [-0.25, -0.2) is 0 Å². The molecule has 1 amide bonds. The van der Waals surface area contributed by atoms with Crippen LogP contribution in [0.3, 0.4) is 0 Å². The summed E-state index contributed by atoms with van der Waals surface area (Å²) in [6.45, 7) is -0.0577. The molecule has 0 aromatic heterocycles. The van der Waals surface area contributed by atoms with E-state index in [1.165, 1.54) is 33.4 Å². The first-order chi connectivity index (χ1) is 11.4. The second-order valence-corrected chi connectivity index (χ2v) is 5.10. The number of nitro groups is 1. The fourth-order valence-corrected chi connectivity index (χ4v) is 2.64. The number of carbonyl (C=O) groups excluding carboxylic acids is 1. The zero-order valence-corrected chi connectivity index (χ0v) is 13.5. The molecule has 0 bridgehead atoms. The first-order valence-corrected chi connectivity index (χ1v) is 7.02. The van der Waals surface area contributed by atoms with E-state index < -0.39 is 22.7 Å². The molecule has 0 spiro atoms. The summed E-state index contributed by atoms with van der Waals surface area (Å²) in [4.78, 5) is 23.1. The molecular weight excluding hydrogens is 322 g/mol. The van der Waals surface area contributed by atoms with Crippen LogP contribution in [0.2, 0.25) is 0 Å². The number of ether oxygens (including phenoxy) is 4. The third kappa shape index (κ3) is 2.98. The van der Waals surface area contributed by atoms with Gasteiger partial charge in [-0.05, 0) is 13.1 Å². The van der Waals surface area contributed by atoms with Crippen LogP contribution in [0.4, 0.5) is 5.69 Å². The summed E-state index contributed by atoms with van der Waals surface area (Å²) < 4.78 is 20.7. The third-order valence-electron chi connectivity index (χ3n) is 3.99. The molecule has 0 saturated heterocycles. The summed E-state index contributed by atoms with van der Waals surface area (Å²) in [6, 6.07) is 2.59. The van der Waals surface area contributed by atoms with Crippen molar-refractivity contribution in [2.24, 2.45) is 5.73 Å². The van der Waals surface area contributed by atoms with Crippen LogP contribution in [0.25, 0.3) is 0 Å². The van der Waals surface area contributed by atoms with Crippen molar-refractivity contribution < 1.29 is 28.7 Å². The summed E-state index contributed by atoms with van der Waals surface area (Å²) in [6.07, 6.45) is -0.887. The van der Waals surface area contributed by atoms with Crippen molar-refractivity contribution in [3.63, 3.8) is 0 Å². The van der Waals surface area contributed by atoms with Crippen molar-refractivity contribution in [2.75, 3.05) is 28.1 Å². The Morgan fingerprint density at radius 1 is 1.42 bits per heavy atom. The predicted molar refractivity (Wildman–Crippen MR) is 81.6 cm³/mol. The Hall–Kier alpha value is -2.43. The molecule has 1 unspecified atom stereocenters. The van der Waals surface area contributed by atoms with Crippen LogP contribution in [0, 0.1) is 10.1 Å². The highest BCUT2D eigenvalue weighted by molar-refractivity contribution is 5.88. The number of nitro benzene ring substituents is 1. The van der Waals surface area contributed by atoms with Crippen molar-refractivity contribution in [1.82, 2.24) is 5.32 Å². The quantitative estimate of drug-likeness (QED) is 0.390. The number of fused-ring (bicyclic) bond motifs is 1. The Morgan fingerprint density at radius 2 is 2.00 bits per heavy atom. The van der Waals surface area contributed by atoms with Crippen molar-refractivity contribution in [3.8, 4) is 11.5 Å². The van der Waals surface area contributed by atoms with Gasteiger partial charge in [0.15, 0.2) is 17.8 Å². The Morgan fingerprint density at radius 3 is 2.46 bits per heavy atom. The molecule has 3 N–H and O–H groups in total. The van der Waals surface area contributed by atoms with Crippen molar-refractivity contribution in [2.45, 2.75) is 18.2 Å². The van der Waals surface area contributed by atoms with Gasteiger partial charge in [-0.3, -0.25) is 14.9 Å². The van der Waals surface area contributed by atoms with Crippen LogP contribution >= 0.6 is 0 Å². The lowest BCUT2D eigenvalue weighted by Gasteiger charge is -2.32. The molecule has 0 saturated carbocycles. The molecule has 1 aromatic rings. The van der Waals surface area contributed by atoms with E-state index in [4.69, 9.17) is 24.7 Å². The van der Waals surface area contributed by atoms with Gasteiger partial charge in [0.1, 0.15) is 5.54 Å². The number of methoxy groups -OCH3 is 2. The van der Waals surface area contributed by atoms with Gasteiger partial charge >= 0.3 is 0 Å². The molecule has 1 aliphatic rings. The van der Waals surface area contributed by atoms with E-state index in [2.05, 4.69) is 5.32 Å². The van der Waals surface area contributed by atoms with Crippen molar-refractivity contribution in [1.29, 1.82) is 0 Å². The molecule has 1 heterocycles. The molecule has 1 atom stereocenters. The Labute approximate surface area is 138 Å². The van der Waals surface area contributed by atoms with E-state index in [1.54, 1.807) is 0 Å². The van der Waals surface area contributed by atoms with Crippen molar-refractivity contribution in [3.05, 3.63) is 27.8 Å². The lowest BCUT2D eigenvalue weighted by Crippen LogP contribution is -2.53. The Kier molecular flexibility index (Phi) is 5.22. The Bertz CT molecular complexity index is 648. The average Bonchev–Trinajstić information content (AvgIpc) is 3.02. The van der Waals surface area contributed by atoms with Crippen LogP contribution in [0.1, 0.15) is 12.0 Å². The average molecular weight is 341 g/mol. The van der Waals surface area contributed by atoms with Gasteiger partial charge in [-0.2, -0.15) is 0 Å². The van der Waals surface area contributed by atoms with E-state index in [9.17, 15) is 14.9 Å². The topological polar surface area (TPSA) is 135 Å². The zero-order valence-electron chi connectivity index (χ0n) is 13.5. The number of amides is 1. The van der Waals surface area contributed by atoms with Gasteiger partial charge in [0.25, 0.3) is 5.69 Å². The maximum atomic E-state index is 12.2. The maximum Gasteiger partial charge on any atom is 0.278 e. The van der Waals surface area contributed by atoms with E-state index in [-0.39, 0.29) is 30.2 Å².